The summed E-state index contributed by atoms with van der Waals surface area (Å²) in [6.07, 6.45) is 7.43. The topological polar surface area (TPSA) is 126 Å². The van der Waals surface area contributed by atoms with Crippen LogP contribution in [0.3, 0.4) is 0 Å². The van der Waals surface area contributed by atoms with Crippen LogP contribution >= 0.6 is 0 Å². The van der Waals surface area contributed by atoms with Gasteiger partial charge in [0, 0.05) is 24.4 Å². The highest BCUT2D eigenvalue weighted by atomic mass is 16.5. The summed E-state index contributed by atoms with van der Waals surface area (Å²) in [4.78, 5) is 12.2. The molecule has 0 aliphatic heterocycles. The molecule has 5 N–H and O–H groups in total. The van der Waals surface area contributed by atoms with E-state index in [4.69, 9.17) is 22.0 Å². The lowest BCUT2D eigenvalue weighted by Crippen LogP contribution is -2.23. The number of aliphatic hydroxyl groups is 2. The summed E-state index contributed by atoms with van der Waals surface area (Å²) < 4.78 is 5.78. The molecule has 0 amide bonds. The lowest BCUT2D eigenvalue weighted by Gasteiger charge is -2.13. The predicted octanol–water partition coefficient (Wildman–Crippen LogP) is 1.03. The molecule has 130 valence electrons. The second-order valence-corrected chi connectivity index (χ2v) is 5.25. The normalized spacial score (nSPS) is 11.4. The number of hydrogen-bond acceptors (Lipinski definition) is 8. The standard InChI is InChI=1S/C17H19N5O3/c1-4-11-5-14(13(7-19-11)10(2)3)25-15-8-21-17(22-16(15)18)20-6-12(24)9-23/h1,5,7-8,12,23-24H,2,6,9H2,3H3,(H3,18,20,21,22). The summed E-state index contributed by atoms with van der Waals surface area (Å²) in [5, 5.41) is 20.9. The maximum absolute atomic E-state index is 9.32. The van der Waals surface area contributed by atoms with Crippen molar-refractivity contribution < 1.29 is 14.9 Å². The van der Waals surface area contributed by atoms with Crippen LogP contribution in [-0.2, 0) is 0 Å². The molecule has 2 heterocycles. The molecule has 0 aliphatic carbocycles. The number of allylic oxidation sites excluding steroid dienone is 1. The average Bonchev–Trinajstić information content (AvgIpc) is 2.61. The lowest BCUT2D eigenvalue weighted by atomic mass is 10.1. The van der Waals surface area contributed by atoms with Gasteiger partial charge in [-0.05, 0) is 12.5 Å². The highest BCUT2D eigenvalue weighted by Crippen LogP contribution is 2.31. The van der Waals surface area contributed by atoms with Crippen LogP contribution in [0.25, 0.3) is 5.57 Å². The van der Waals surface area contributed by atoms with E-state index in [0.29, 0.717) is 17.0 Å². The molecule has 2 rings (SSSR count). The molecule has 0 aliphatic rings. The van der Waals surface area contributed by atoms with Crippen LogP contribution in [-0.4, -0.2) is 44.4 Å². The number of nitrogens with zero attached hydrogens (tertiary/aromatic N) is 3. The molecular weight excluding hydrogens is 322 g/mol. The molecule has 0 radical (unpaired) electrons. The Morgan fingerprint density at radius 1 is 1.44 bits per heavy atom. The summed E-state index contributed by atoms with van der Waals surface area (Å²) in [6, 6.07) is 1.60. The van der Waals surface area contributed by atoms with Gasteiger partial charge < -0.3 is 26.0 Å². The summed E-state index contributed by atoms with van der Waals surface area (Å²) in [5.41, 5.74) is 7.75. The van der Waals surface area contributed by atoms with Crippen LogP contribution in [0.15, 0.2) is 25.0 Å². The number of anilines is 2. The molecule has 0 aromatic carbocycles. The first kappa shape index (κ1) is 18.2. The van der Waals surface area contributed by atoms with Crippen molar-refractivity contribution in [2.45, 2.75) is 13.0 Å². The molecule has 2 aromatic rings. The lowest BCUT2D eigenvalue weighted by molar-refractivity contribution is 0.105. The molecule has 2 aromatic heterocycles. The zero-order valence-electron chi connectivity index (χ0n) is 13.7. The number of terminal acetylenes is 1. The van der Waals surface area contributed by atoms with Gasteiger partial charge in [0.15, 0.2) is 11.6 Å². The number of nitrogens with one attached hydrogen (secondary N) is 1. The van der Waals surface area contributed by atoms with E-state index in [1.807, 2.05) is 6.92 Å². The van der Waals surface area contributed by atoms with E-state index in [-0.39, 0.29) is 30.7 Å². The van der Waals surface area contributed by atoms with Crippen molar-refractivity contribution in [3.05, 3.63) is 36.3 Å². The second kappa shape index (κ2) is 8.10. The van der Waals surface area contributed by atoms with Crippen molar-refractivity contribution >= 4 is 17.3 Å². The number of nitrogens with two attached hydrogens (primary N) is 1. The fourth-order valence-corrected chi connectivity index (χ4v) is 1.86. The van der Waals surface area contributed by atoms with Crippen molar-refractivity contribution in [2.75, 3.05) is 24.2 Å². The molecule has 0 saturated carbocycles. The van der Waals surface area contributed by atoms with E-state index < -0.39 is 6.10 Å². The third-order valence-electron chi connectivity index (χ3n) is 3.18. The van der Waals surface area contributed by atoms with Crippen LogP contribution in [0.4, 0.5) is 11.8 Å². The van der Waals surface area contributed by atoms with E-state index in [9.17, 15) is 5.11 Å². The monoisotopic (exact) mass is 341 g/mol. The zero-order chi connectivity index (χ0) is 18.4. The summed E-state index contributed by atoms with van der Waals surface area (Å²) in [7, 11) is 0. The largest absolute Gasteiger partial charge is 0.451 e. The minimum Gasteiger partial charge on any atom is -0.451 e. The Morgan fingerprint density at radius 3 is 2.80 bits per heavy atom. The number of aliphatic hydroxyl groups excluding tert-OH is 2. The van der Waals surface area contributed by atoms with Crippen molar-refractivity contribution in [1.82, 2.24) is 15.0 Å². The molecule has 8 nitrogen and oxygen atoms in total. The van der Waals surface area contributed by atoms with Gasteiger partial charge in [0.25, 0.3) is 0 Å². The minimum absolute atomic E-state index is 0.0891. The number of nitrogen functional groups attached to an aromatic ring is 1. The molecule has 0 spiro atoms. The number of rotatable bonds is 7. The number of pyridine rings is 1. The van der Waals surface area contributed by atoms with Crippen molar-refractivity contribution in [3.63, 3.8) is 0 Å². The molecule has 1 unspecified atom stereocenters. The quantitative estimate of drug-likeness (QED) is 0.550. The fraction of sp³-hybridized carbons (Fsp3) is 0.235. The molecule has 1 atom stereocenters. The van der Waals surface area contributed by atoms with Gasteiger partial charge in [-0.2, -0.15) is 4.98 Å². The SMILES string of the molecule is C#Cc1cc(Oc2cnc(NCC(O)CO)nc2N)c(C(=C)C)cn1. The van der Waals surface area contributed by atoms with E-state index in [1.54, 1.807) is 12.3 Å². The van der Waals surface area contributed by atoms with Crippen LogP contribution < -0.4 is 15.8 Å². The Hall–Kier alpha value is -3.15. The molecule has 25 heavy (non-hydrogen) atoms. The fourth-order valence-electron chi connectivity index (χ4n) is 1.86. The molecule has 0 bridgehead atoms. The summed E-state index contributed by atoms with van der Waals surface area (Å²) >= 11 is 0. The van der Waals surface area contributed by atoms with E-state index in [0.717, 1.165) is 5.57 Å². The Balaban J connectivity index is 2.23. The Labute approximate surface area is 145 Å². The van der Waals surface area contributed by atoms with E-state index in [2.05, 4.69) is 32.8 Å². The first-order valence-corrected chi connectivity index (χ1v) is 7.40. The van der Waals surface area contributed by atoms with Crippen molar-refractivity contribution in [2.24, 2.45) is 0 Å². The van der Waals surface area contributed by atoms with Crippen molar-refractivity contribution in [1.29, 1.82) is 0 Å². The summed E-state index contributed by atoms with van der Waals surface area (Å²) in [6.45, 7) is 5.42. The predicted molar refractivity (Wildman–Crippen MR) is 95.0 cm³/mol. The third kappa shape index (κ3) is 4.67. The van der Waals surface area contributed by atoms with Gasteiger partial charge in [0.2, 0.25) is 5.95 Å². The maximum atomic E-state index is 9.32. The van der Waals surface area contributed by atoms with Gasteiger partial charge in [0.1, 0.15) is 11.4 Å². The maximum Gasteiger partial charge on any atom is 0.224 e. The molecule has 0 saturated heterocycles. The first-order valence-electron chi connectivity index (χ1n) is 7.40. The van der Waals surface area contributed by atoms with E-state index in [1.165, 1.54) is 6.20 Å². The van der Waals surface area contributed by atoms with Gasteiger partial charge in [-0.1, -0.05) is 12.5 Å². The van der Waals surface area contributed by atoms with Gasteiger partial charge in [-0.25, -0.2) is 9.97 Å². The molecular formula is C17H19N5O3. The van der Waals surface area contributed by atoms with Gasteiger partial charge in [-0.15, -0.1) is 6.42 Å². The van der Waals surface area contributed by atoms with E-state index >= 15 is 0 Å². The van der Waals surface area contributed by atoms with Crippen molar-refractivity contribution in [3.8, 4) is 23.8 Å². The molecule has 8 heteroatoms. The third-order valence-corrected chi connectivity index (χ3v) is 3.18. The van der Waals surface area contributed by atoms with Crippen LogP contribution in [0.1, 0.15) is 18.2 Å². The van der Waals surface area contributed by atoms with Crippen LogP contribution in [0.5, 0.6) is 11.5 Å². The second-order valence-electron chi connectivity index (χ2n) is 5.25. The highest BCUT2D eigenvalue weighted by Gasteiger charge is 2.12. The smallest absolute Gasteiger partial charge is 0.224 e. The average molecular weight is 341 g/mol. The van der Waals surface area contributed by atoms with Gasteiger partial charge in [0.05, 0.1) is 18.9 Å². The first-order chi connectivity index (χ1) is 11.9. The number of hydrogen-bond donors (Lipinski definition) is 4. The minimum atomic E-state index is -0.919. The Morgan fingerprint density at radius 2 is 2.20 bits per heavy atom. The molecule has 0 fully saturated rings. The number of aromatic nitrogens is 3. The summed E-state index contributed by atoms with van der Waals surface area (Å²) in [5.74, 6) is 3.43. The van der Waals surface area contributed by atoms with Gasteiger partial charge >= 0.3 is 0 Å². The number of ether oxygens (including phenoxy) is 1. The van der Waals surface area contributed by atoms with Crippen LogP contribution in [0, 0.1) is 12.3 Å². The van der Waals surface area contributed by atoms with Gasteiger partial charge in [-0.3, -0.25) is 0 Å². The Bertz CT molecular complexity index is 816. The Kier molecular flexibility index (Phi) is 5.89. The van der Waals surface area contributed by atoms with Crippen LogP contribution in [0.2, 0.25) is 0 Å². The highest BCUT2D eigenvalue weighted by molar-refractivity contribution is 5.68. The zero-order valence-corrected chi connectivity index (χ0v) is 13.7.